The Morgan fingerprint density at radius 2 is 1.96 bits per heavy atom. The predicted molar refractivity (Wildman–Crippen MR) is 92.0 cm³/mol. The largest absolute Gasteiger partial charge is 0.480 e. The van der Waals surface area contributed by atoms with Gasteiger partial charge in [0.05, 0.1) is 25.0 Å². The molecule has 2 N–H and O–H groups in total. The third-order valence-electron chi connectivity index (χ3n) is 3.65. The average molecular weight is 340 g/mol. The Morgan fingerprint density at radius 1 is 1.12 bits per heavy atom. The lowest BCUT2D eigenvalue weighted by Crippen LogP contribution is -2.25. The first kappa shape index (κ1) is 16.6. The van der Waals surface area contributed by atoms with Crippen LogP contribution in [0.2, 0.25) is 0 Å². The van der Waals surface area contributed by atoms with Crippen molar-refractivity contribution >= 4 is 17.5 Å². The number of methoxy groups -OCH3 is 1. The summed E-state index contributed by atoms with van der Waals surface area (Å²) in [7, 11) is 1.53. The highest BCUT2D eigenvalue weighted by Crippen LogP contribution is 2.36. The van der Waals surface area contributed by atoms with Gasteiger partial charge in [-0.15, -0.1) is 0 Å². The van der Waals surface area contributed by atoms with Crippen molar-refractivity contribution in [1.29, 1.82) is 0 Å². The van der Waals surface area contributed by atoms with E-state index in [1.807, 2.05) is 13.0 Å². The van der Waals surface area contributed by atoms with Gasteiger partial charge in [0.25, 0.3) is 0 Å². The molecular weight excluding hydrogens is 323 g/mol. The number of nitrogens with two attached hydrogens (primary N) is 1. The molecular formula is C17H17FN6O. The summed E-state index contributed by atoms with van der Waals surface area (Å²) in [5.41, 5.74) is 7.10. The maximum absolute atomic E-state index is 13.2. The Hall–Kier alpha value is -3.29. The standard InChI is InChI=1S/C17H17FN6O/c1-11(13-6-5-12(18)10-22-13)24(17-21-9-7-15(19)23-17)14-4-3-8-20-16(14)25-2/h3-11H,1-2H3,(H2,19,21,23)/t11-/m0/s1. The Balaban J connectivity index is 2.13. The van der Waals surface area contributed by atoms with E-state index in [1.54, 1.807) is 35.5 Å². The molecule has 3 rings (SSSR count). The summed E-state index contributed by atoms with van der Waals surface area (Å²) in [4.78, 5) is 18.8. The van der Waals surface area contributed by atoms with Crippen LogP contribution >= 0.6 is 0 Å². The molecule has 0 spiro atoms. The second kappa shape index (κ2) is 7.08. The normalized spacial score (nSPS) is 11.8. The number of nitrogen functional groups attached to an aromatic ring is 1. The third kappa shape index (κ3) is 3.47. The fraction of sp³-hybridized carbons (Fsp3) is 0.176. The molecule has 0 saturated carbocycles. The van der Waals surface area contributed by atoms with Crippen molar-refractivity contribution in [2.75, 3.05) is 17.7 Å². The highest BCUT2D eigenvalue weighted by molar-refractivity contribution is 5.64. The SMILES string of the molecule is COc1ncccc1N(c1nccc(N)n1)[C@@H](C)c1ccc(F)cn1. The molecule has 25 heavy (non-hydrogen) atoms. The van der Waals surface area contributed by atoms with Crippen molar-refractivity contribution in [1.82, 2.24) is 19.9 Å². The van der Waals surface area contributed by atoms with Crippen molar-refractivity contribution < 1.29 is 9.13 Å². The molecule has 3 heterocycles. The molecule has 0 saturated heterocycles. The molecule has 0 aliphatic rings. The molecule has 0 bridgehead atoms. The summed E-state index contributed by atoms with van der Waals surface area (Å²) in [5.74, 6) is 0.700. The van der Waals surface area contributed by atoms with Gasteiger partial charge in [-0.05, 0) is 37.3 Å². The number of rotatable bonds is 5. The van der Waals surface area contributed by atoms with Gasteiger partial charge in [0.15, 0.2) is 0 Å². The summed E-state index contributed by atoms with van der Waals surface area (Å²) >= 11 is 0. The lowest BCUT2D eigenvalue weighted by atomic mass is 10.1. The summed E-state index contributed by atoms with van der Waals surface area (Å²) in [6.07, 6.45) is 4.37. The van der Waals surface area contributed by atoms with Gasteiger partial charge in [-0.2, -0.15) is 4.98 Å². The molecule has 0 unspecified atom stereocenters. The molecule has 0 amide bonds. The van der Waals surface area contributed by atoms with Crippen LogP contribution in [0, 0.1) is 5.82 Å². The van der Waals surface area contributed by atoms with Gasteiger partial charge >= 0.3 is 0 Å². The van der Waals surface area contributed by atoms with Crippen LogP contribution in [-0.4, -0.2) is 27.0 Å². The first-order chi connectivity index (χ1) is 12.1. The van der Waals surface area contributed by atoms with E-state index in [1.165, 1.54) is 19.4 Å². The van der Waals surface area contributed by atoms with Crippen LogP contribution in [0.15, 0.2) is 48.9 Å². The van der Waals surface area contributed by atoms with E-state index in [0.717, 1.165) is 0 Å². The highest BCUT2D eigenvalue weighted by atomic mass is 19.1. The second-order valence-electron chi connectivity index (χ2n) is 5.26. The highest BCUT2D eigenvalue weighted by Gasteiger charge is 2.25. The predicted octanol–water partition coefficient (Wildman–Crippen LogP) is 2.90. The average Bonchev–Trinajstić information content (AvgIpc) is 2.63. The lowest BCUT2D eigenvalue weighted by Gasteiger charge is -2.29. The fourth-order valence-electron chi connectivity index (χ4n) is 2.46. The number of nitrogens with zero attached hydrogens (tertiary/aromatic N) is 5. The molecule has 0 radical (unpaired) electrons. The molecule has 128 valence electrons. The molecule has 0 fully saturated rings. The topological polar surface area (TPSA) is 90.0 Å². The minimum atomic E-state index is -0.401. The van der Waals surface area contributed by atoms with E-state index in [0.29, 0.717) is 29.0 Å². The maximum atomic E-state index is 13.2. The lowest BCUT2D eigenvalue weighted by molar-refractivity contribution is 0.397. The first-order valence-corrected chi connectivity index (χ1v) is 7.58. The number of hydrogen-bond donors (Lipinski definition) is 1. The molecule has 1 atom stereocenters. The van der Waals surface area contributed by atoms with E-state index in [-0.39, 0.29) is 6.04 Å². The van der Waals surface area contributed by atoms with Crippen LogP contribution in [0.4, 0.5) is 21.8 Å². The van der Waals surface area contributed by atoms with Gasteiger partial charge in [-0.1, -0.05) is 0 Å². The van der Waals surface area contributed by atoms with E-state index in [2.05, 4.69) is 19.9 Å². The van der Waals surface area contributed by atoms with Gasteiger partial charge in [0.1, 0.15) is 17.3 Å². The van der Waals surface area contributed by atoms with E-state index >= 15 is 0 Å². The van der Waals surface area contributed by atoms with Crippen molar-refractivity contribution in [2.45, 2.75) is 13.0 Å². The van der Waals surface area contributed by atoms with Gasteiger partial charge in [0.2, 0.25) is 11.8 Å². The van der Waals surface area contributed by atoms with Crippen LogP contribution in [0.25, 0.3) is 0 Å². The molecule has 3 aromatic heterocycles. The van der Waals surface area contributed by atoms with E-state index in [4.69, 9.17) is 10.5 Å². The van der Waals surface area contributed by atoms with Crippen LogP contribution in [0.3, 0.4) is 0 Å². The Morgan fingerprint density at radius 3 is 2.64 bits per heavy atom. The number of ether oxygens (including phenoxy) is 1. The smallest absolute Gasteiger partial charge is 0.237 e. The van der Waals surface area contributed by atoms with Crippen LogP contribution in [-0.2, 0) is 0 Å². The summed E-state index contributed by atoms with van der Waals surface area (Å²) in [5, 5.41) is 0. The number of pyridine rings is 2. The number of anilines is 3. The molecule has 3 aromatic rings. The number of halogens is 1. The molecule has 7 nitrogen and oxygen atoms in total. The van der Waals surface area contributed by atoms with E-state index in [9.17, 15) is 4.39 Å². The minimum absolute atomic E-state index is 0.319. The van der Waals surface area contributed by atoms with E-state index < -0.39 is 5.82 Å². The zero-order valence-electron chi connectivity index (χ0n) is 13.8. The van der Waals surface area contributed by atoms with Gasteiger partial charge < -0.3 is 10.5 Å². The third-order valence-corrected chi connectivity index (χ3v) is 3.65. The zero-order chi connectivity index (χ0) is 17.8. The van der Waals surface area contributed by atoms with Crippen molar-refractivity contribution in [3.05, 3.63) is 60.4 Å². The Bertz CT molecular complexity index is 858. The van der Waals surface area contributed by atoms with Crippen molar-refractivity contribution in [3.63, 3.8) is 0 Å². The molecule has 8 heteroatoms. The van der Waals surface area contributed by atoms with Gasteiger partial charge in [-0.25, -0.2) is 14.4 Å². The van der Waals surface area contributed by atoms with Crippen molar-refractivity contribution in [2.24, 2.45) is 0 Å². The molecule has 0 aliphatic heterocycles. The quantitative estimate of drug-likeness (QED) is 0.763. The summed E-state index contributed by atoms with van der Waals surface area (Å²) in [6, 6.07) is 7.86. The summed E-state index contributed by atoms with van der Waals surface area (Å²) in [6.45, 7) is 1.90. The van der Waals surface area contributed by atoms with Crippen LogP contribution in [0.5, 0.6) is 5.88 Å². The van der Waals surface area contributed by atoms with Crippen LogP contribution < -0.4 is 15.4 Å². The van der Waals surface area contributed by atoms with Gasteiger partial charge in [-0.3, -0.25) is 9.88 Å². The Kier molecular flexibility index (Phi) is 4.69. The van der Waals surface area contributed by atoms with Gasteiger partial charge in [0, 0.05) is 12.4 Å². The number of aromatic nitrogens is 4. The Labute approximate surface area is 144 Å². The maximum Gasteiger partial charge on any atom is 0.237 e. The zero-order valence-corrected chi connectivity index (χ0v) is 13.8. The number of hydrogen-bond acceptors (Lipinski definition) is 7. The molecule has 0 aliphatic carbocycles. The minimum Gasteiger partial charge on any atom is -0.480 e. The second-order valence-corrected chi connectivity index (χ2v) is 5.26. The fourth-order valence-corrected chi connectivity index (χ4v) is 2.46. The van der Waals surface area contributed by atoms with Crippen molar-refractivity contribution in [3.8, 4) is 5.88 Å². The monoisotopic (exact) mass is 340 g/mol. The molecule has 0 aromatic carbocycles. The van der Waals surface area contributed by atoms with Crippen LogP contribution in [0.1, 0.15) is 18.7 Å². The first-order valence-electron chi connectivity index (χ1n) is 7.58. The summed E-state index contributed by atoms with van der Waals surface area (Å²) < 4.78 is 18.6.